The van der Waals surface area contributed by atoms with Gasteiger partial charge in [0.1, 0.15) is 18.2 Å². The first kappa shape index (κ1) is 22.0. The van der Waals surface area contributed by atoms with Gasteiger partial charge in [0, 0.05) is 37.9 Å². The highest BCUT2D eigenvalue weighted by molar-refractivity contribution is 6.30. The summed E-state index contributed by atoms with van der Waals surface area (Å²) in [7, 11) is 1.56. The quantitative estimate of drug-likeness (QED) is 0.556. The van der Waals surface area contributed by atoms with E-state index in [0.29, 0.717) is 54.9 Å². The van der Waals surface area contributed by atoms with Gasteiger partial charge in [0.05, 0.1) is 23.4 Å². The lowest BCUT2D eigenvalue weighted by atomic mass is 10.1. The Morgan fingerprint density at radius 3 is 2.53 bits per heavy atom. The number of hydrogen-bond acceptors (Lipinski definition) is 7. The number of carbonyl (C=O) groups excluding carboxylic acids is 1. The van der Waals surface area contributed by atoms with Gasteiger partial charge in [-0.1, -0.05) is 16.8 Å². The summed E-state index contributed by atoms with van der Waals surface area (Å²) in [5.41, 5.74) is 2.26. The zero-order chi connectivity index (χ0) is 22.7. The van der Waals surface area contributed by atoms with Gasteiger partial charge < -0.3 is 23.8 Å². The van der Waals surface area contributed by atoms with E-state index in [2.05, 4.69) is 15.0 Å². The number of aryl methyl sites for hydroxylation is 2. The van der Waals surface area contributed by atoms with Crippen molar-refractivity contribution in [3.05, 3.63) is 64.1 Å². The minimum atomic E-state index is -0.0377. The molecule has 0 N–H and O–H groups in total. The smallest absolute Gasteiger partial charge is 0.254 e. The Bertz CT molecular complexity index is 1070. The minimum absolute atomic E-state index is 0.0377. The van der Waals surface area contributed by atoms with Crippen molar-refractivity contribution in [1.82, 2.24) is 15.0 Å². The molecule has 3 heterocycles. The molecular formula is C23H25ClN4O4. The number of hydrogen-bond donors (Lipinski definition) is 0. The van der Waals surface area contributed by atoms with Gasteiger partial charge in [0.2, 0.25) is 0 Å². The molecule has 1 amide bonds. The number of carbonyl (C=O) groups is 1. The number of pyridine rings is 1. The van der Waals surface area contributed by atoms with Gasteiger partial charge in [-0.3, -0.25) is 4.79 Å². The predicted molar refractivity (Wildman–Crippen MR) is 121 cm³/mol. The van der Waals surface area contributed by atoms with Gasteiger partial charge in [0.15, 0.2) is 11.5 Å². The lowest BCUT2D eigenvalue weighted by Gasteiger charge is -2.35. The second-order valence-electron chi connectivity index (χ2n) is 7.57. The van der Waals surface area contributed by atoms with E-state index in [-0.39, 0.29) is 5.91 Å². The van der Waals surface area contributed by atoms with E-state index in [1.807, 2.05) is 30.9 Å². The van der Waals surface area contributed by atoms with Crippen LogP contribution in [0.25, 0.3) is 0 Å². The van der Waals surface area contributed by atoms with Crippen LogP contribution in [0.5, 0.6) is 11.5 Å². The summed E-state index contributed by atoms with van der Waals surface area (Å²) in [6.07, 6.45) is 1.63. The van der Waals surface area contributed by atoms with Crippen LogP contribution in [0.15, 0.2) is 41.1 Å². The average molecular weight is 457 g/mol. The standard InChI is InChI=1S/C23H25ClN4O4/c1-15-19(16(2)32-26-15)14-31-20-6-4-17(12-21(20)30-3)23(29)28-10-8-27(9-11-28)22-7-5-18(24)13-25-22/h4-7,12-13H,8-11,14H2,1-3H3. The Morgan fingerprint density at radius 1 is 1.12 bits per heavy atom. The topological polar surface area (TPSA) is 80.9 Å². The maximum absolute atomic E-state index is 13.1. The van der Waals surface area contributed by atoms with Crippen LogP contribution in [0.4, 0.5) is 5.82 Å². The lowest BCUT2D eigenvalue weighted by Crippen LogP contribution is -2.49. The highest BCUT2D eigenvalue weighted by Gasteiger charge is 2.24. The summed E-state index contributed by atoms with van der Waals surface area (Å²) in [5.74, 6) is 2.61. The van der Waals surface area contributed by atoms with Crippen LogP contribution in [0, 0.1) is 13.8 Å². The van der Waals surface area contributed by atoms with Crippen LogP contribution in [0.2, 0.25) is 5.02 Å². The SMILES string of the molecule is COc1cc(C(=O)N2CCN(c3ccc(Cl)cn3)CC2)ccc1OCc1c(C)noc1C. The molecule has 1 aromatic carbocycles. The Labute approximate surface area is 191 Å². The Hall–Kier alpha value is -3.26. The molecule has 2 aromatic heterocycles. The Balaban J connectivity index is 1.40. The van der Waals surface area contributed by atoms with Crippen LogP contribution in [0.1, 0.15) is 27.4 Å². The third-order valence-electron chi connectivity index (χ3n) is 5.57. The van der Waals surface area contributed by atoms with Crippen molar-refractivity contribution in [2.75, 3.05) is 38.2 Å². The second kappa shape index (κ2) is 9.48. The van der Waals surface area contributed by atoms with Crippen LogP contribution >= 0.6 is 11.6 Å². The zero-order valence-corrected chi connectivity index (χ0v) is 19.1. The number of benzene rings is 1. The van der Waals surface area contributed by atoms with Crippen molar-refractivity contribution in [2.24, 2.45) is 0 Å². The largest absolute Gasteiger partial charge is 0.493 e. The van der Waals surface area contributed by atoms with Gasteiger partial charge in [-0.05, 0) is 44.2 Å². The molecule has 0 atom stereocenters. The van der Waals surface area contributed by atoms with Crippen molar-refractivity contribution in [2.45, 2.75) is 20.5 Å². The van der Waals surface area contributed by atoms with E-state index in [4.69, 9.17) is 25.6 Å². The van der Waals surface area contributed by atoms with Gasteiger partial charge in [-0.15, -0.1) is 0 Å². The first-order valence-corrected chi connectivity index (χ1v) is 10.7. The van der Waals surface area contributed by atoms with Crippen molar-refractivity contribution in [3.8, 4) is 11.5 Å². The molecule has 9 heteroatoms. The molecule has 0 saturated carbocycles. The number of aromatic nitrogens is 2. The van der Waals surface area contributed by atoms with Crippen molar-refractivity contribution in [3.63, 3.8) is 0 Å². The Morgan fingerprint density at radius 2 is 1.91 bits per heavy atom. The minimum Gasteiger partial charge on any atom is -0.493 e. The molecule has 1 saturated heterocycles. The first-order valence-electron chi connectivity index (χ1n) is 10.3. The molecule has 1 aliphatic heterocycles. The number of rotatable bonds is 6. The number of ether oxygens (including phenoxy) is 2. The van der Waals surface area contributed by atoms with Crippen molar-refractivity contribution in [1.29, 1.82) is 0 Å². The number of halogens is 1. The van der Waals surface area contributed by atoms with Gasteiger partial charge in [0.25, 0.3) is 5.91 Å². The highest BCUT2D eigenvalue weighted by atomic mass is 35.5. The number of nitrogens with zero attached hydrogens (tertiary/aromatic N) is 4. The monoisotopic (exact) mass is 456 g/mol. The van der Waals surface area contributed by atoms with Crippen LogP contribution < -0.4 is 14.4 Å². The molecule has 32 heavy (non-hydrogen) atoms. The third-order valence-corrected chi connectivity index (χ3v) is 5.79. The molecule has 0 radical (unpaired) electrons. The van der Waals surface area contributed by atoms with Crippen LogP contribution in [-0.4, -0.2) is 54.2 Å². The normalized spacial score (nSPS) is 13.9. The van der Waals surface area contributed by atoms with E-state index in [1.165, 1.54) is 0 Å². The van der Waals surface area contributed by atoms with Crippen molar-refractivity contribution >= 4 is 23.3 Å². The van der Waals surface area contributed by atoms with Crippen molar-refractivity contribution < 1.29 is 18.8 Å². The molecule has 0 bridgehead atoms. The molecule has 8 nitrogen and oxygen atoms in total. The second-order valence-corrected chi connectivity index (χ2v) is 8.01. The van der Waals surface area contributed by atoms with E-state index < -0.39 is 0 Å². The van der Waals surface area contributed by atoms with Gasteiger partial charge >= 0.3 is 0 Å². The van der Waals surface area contributed by atoms with Crippen LogP contribution in [-0.2, 0) is 6.61 Å². The van der Waals surface area contributed by atoms with Gasteiger partial charge in [-0.2, -0.15) is 0 Å². The summed E-state index contributed by atoms with van der Waals surface area (Å²) >= 11 is 5.92. The molecule has 1 fully saturated rings. The number of methoxy groups -OCH3 is 1. The molecule has 4 rings (SSSR count). The summed E-state index contributed by atoms with van der Waals surface area (Å²) in [6, 6.07) is 8.96. The fourth-order valence-electron chi connectivity index (χ4n) is 3.65. The maximum Gasteiger partial charge on any atom is 0.254 e. The molecule has 0 unspecified atom stereocenters. The number of anilines is 1. The van der Waals surface area contributed by atoms with Crippen LogP contribution in [0.3, 0.4) is 0 Å². The predicted octanol–water partition coefficient (Wildman–Crippen LogP) is 3.89. The Kier molecular flexibility index (Phi) is 6.50. The molecule has 0 aliphatic carbocycles. The zero-order valence-electron chi connectivity index (χ0n) is 18.3. The first-order chi connectivity index (χ1) is 15.5. The average Bonchev–Trinajstić information content (AvgIpc) is 3.14. The molecule has 3 aromatic rings. The number of amides is 1. The lowest BCUT2D eigenvalue weighted by molar-refractivity contribution is 0.0746. The van der Waals surface area contributed by atoms with E-state index in [1.54, 1.807) is 31.5 Å². The summed E-state index contributed by atoms with van der Waals surface area (Å²) < 4.78 is 16.6. The molecule has 168 valence electrons. The van der Waals surface area contributed by atoms with E-state index in [0.717, 1.165) is 22.8 Å². The summed E-state index contributed by atoms with van der Waals surface area (Å²) in [5, 5.41) is 4.55. The molecule has 1 aliphatic rings. The fourth-order valence-corrected chi connectivity index (χ4v) is 3.77. The maximum atomic E-state index is 13.1. The van der Waals surface area contributed by atoms with E-state index >= 15 is 0 Å². The summed E-state index contributed by atoms with van der Waals surface area (Å²) in [4.78, 5) is 21.4. The third kappa shape index (κ3) is 4.65. The molecule has 0 spiro atoms. The van der Waals surface area contributed by atoms with Gasteiger partial charge in [-0.25, -0.2) is 4.98 Å². The highest BCUT2D eigenvalue weighted by Crippen LogP contribution is 2.30. The number of piperazine rings is 1. The fraction of sp³-hybridized carbons (Fsp3) is 0.348. The summed E-state index contributed by atoms with van der Waals surface area (Å²) in [6.45, 7) is 6.65. The molecular weight excluding hydrogens is 432 g/mol. The van der Waals surface area contributed by atoms with E-state index in [9.17, 15) is 4.79 Å².